The number of rotatable bonds is 7. The summed E-state index contributed by atoms with van der Waals surface area (Å²) in [5, 5.41) is 3.21. The molecule has 4 rings (SSSR count). The molecule has 2 aromatic carbocycles. The van der Waals surface area contributed by atoms with Gasteiger partial charge in [-0.25, -0.2) is 0 Å². The van der Waals surface area contributed by atoms with Gasteiger partial charge in [-0.05, 0) is 55.3 Å². The molecule has 0 bridgehead atoms. The number of methoxy groups -OCH3 is 2. The number of hydrogen-bond donors (Lipinski definition) is 1. The standard InChI is InChI=1S/C25H24N2O5/c1-15-7-9-19(16(2)12-15)26-23-22(17-8-10-20(30-3)21(13-17)31-4)24(28)27(25(23)29)14-18-6-5-11-32-18/h5-13,26H,14H2,1-4H3. The predicted octanol–water partition coefficient (Wildman–Crippen LogP) is 4.31. The second-order valence-electron chi connectivity index (χ2n) is 7.54. The van der Waals surface area contributed by atoms with Crippen LogP contribution in [0.25, 0.3) is 5.57 Å². The number of furan rings is 1. The van der Waals surface area contributed by atoms with E-state index in [4.69, 9.17) is 13.9 Å². The number of anilines is 1. The van der Waals surface area contributed by atoms with Crippen molar-refractivity contribution in [1.82, 2.24) is 4.90 Å². The largest absolute Gasteiger partial charge is 0.493 e. The highest BCUT2D eigenvalue weighted by molar-refractivity contribution is 6.36. The molecule has 164 valence electrons. The van der Waals surface area contributed by atoms with E-state index in [-0.39, 0.29) is 17.8 Å². The Morgan fingerprint density at radius 2 is 1.72 bits per heavy atom. The average molecular weight is 432 g/mol. The van der Waals surface area contributed by atoms with Crippen molar-refractivity contribution in [2.75, 3.05) is 19.5 Å². The first-order valence-electron chi connectivity index (χ1n) is 10.1. The molecule has 0 unspecified atom stereocenters. The summed E-state index contributed by atoms with van der Waals surface area (Å²) < 4.78 is 16.1. The lowest BCUT2D eigenvalue weighted by molar-refractivity contribution is -0.137. The maximum atomic E-state index is 13.4. The van der Waals surface area contributed by atoms with E-state index in [1.165, 1.54) is 18.3 Å². The zero-order chi connectivity index (χ0) is 22.8. The van der Waals surface area contributed by atoms with Crippen LogP contribution in [0.15, 0.2) is 64.9 Å². The molecule has 32 heavy (non-hydrogen) atoms. The summed E-state index contributed by atoms with van der Waals surface area (Å²) in [5.74, 6) is 0.686. The quantitative estimate of drug-likeness (QED) is 0.561. The van der Waals surface area contributed by atoms with E-state index in [0.717, 1.165) is 16.8 Å². The number of carbonyl (C=O) groups excluding carboxylic acids is 2. The van der Waals surface area contributed by atoms with Crippen LogP contribution in [0.5, 0.6) is 11.5 Å². The van der Waals surface area contributed by atoms with E-state index in [1.54, 1.807) is 37.4 Å². The Morgan fingerprint density at radius 3 is 2.38 bits per heavy atom. The number of ether oxygens (including phenoxy) is 2. The van der Waals surface area contributed by atoms with Crippen molar-refractivity contribution >= 4 is 23.1 Å². The molecule has 0 spiro atoms. The Hall–Kier alpha value is -4.00. The first kappa shape index (κ1) is 21.2. The number of nitrogens with zero attached hydrogens (tertiary/aromatic N) is 1. The maximum Gasteiger partial charge on any atom is 0.278 e. The second-order valence-corrected chi connectivity index (χ2v) is 7.54. The molecule has 0 saturated heterocycles. The molecule has 7 nitrogen and oxygen atoms in total. The van der Waals surface area contributed by atoms with Crippen molar-refractivity contribution in [2.24, 2.45) is 0 Å². The van der Waals surface area contributed by atoms with Crippen LogP contribution < -0.4 is 14.8 Å². The Kier molecular flexibility index (Phi) is 5.73. The van der Waals surface area contributed by atoms with Crippen LogP contribution in [-0.4, -0.2) is 30.9 Å². The van der Waals surface area contributed by atoms with Gasteiger partial charge in [0.25, 0.3) is 11.8 Å². The molecule has 0 fully saturated rings. The van der Waals surface area contributed by atoms with Crippen LogP contribution in [0.4, 0.5) is 5.69 Å². The van der Waals surface area contributed by atoms with E-state index >= 15 is 0 Å². The number of amides is 2. The van der Waals surface area contributed by atoms with Crippen LogP contribution in [0.1, 0.15) is 22.5 Å². The normalized spacial score (nSPS) is 13.7. The van der Waals surface area contributed by atoms with Crippen molar-refractivity contribution < 1.29 is 23.5 Å². The fourth-order valence-corrected chi connectivity index (χ4v) is 3.74. The van der Waals surface area contributed by atoms with E-state index < -0.39 is 11.8 Å². The fraction of sp³-hybridized carbons (Fsp3) is 0.200. The minimum atomic E-state index is -0.420. The molecular formula is C25H24N2O5. The Morgan fingerprint density at radius 1 is 0.938 bits per heavy atom. The SMILES string of the molecule is COc1ccc(C2=C(Nc3ccc(C)cc3C)C(=O)N(Cc3ccco3)C2=O)cc1OC. The van der Waals surface area contributed by atoms with Gasteiger partial charge in [-0.15, -0.1) is 0 Å². The van der Waals surface area contributed by atoms with E-state index in [2.05, 4.69) is 5.32 Å². The number of carbonyl (C=O) groups is 2. The summed E-state index contributed by atoms with van der Waals surface area (Å²) in [6.07, 6.45) is 1.51. The zero-order valence-electron chi connectivity index (χ0n) is 18.4. The van der Waals surface area contributed by atoms with Crippen molar-refractivity contribution in [3.8, 4) is 11.5 Å². The summed E-state index contributed by atoms with van der Waals surface area (Å²) in [5.41, 5.74) is 3.85. The molecule has 1 aliphatic heterocycles. The van der Waals surface area contributed by atoms with Crippen molar-refractivity contribution in [3.05, 3.63) is 82.9 Å². The molecule has 7 heteroatoms. The lowest BCUT2D eigenvalue weighted by Gasteiger charge is -2.14. The third-order valence-electron chi connectivity index (χ3n) is 5.38. The predicted molar refractivity (Wildman–Crippen MR) is 120 cm³/mol. The fourth-order valence-electron chi connectivity index (χ4n) is 3.74. The van der Waals surface area contributed by atoms with E-state index in [9.17, 15) is 9.59 Å². The summed E-state index contributed by atoms with van der Waals surface area (Å²) in [6.45, 7) is 3.99. The van der Waals surface area contributed by atoms with Crippen LogP contribution in [0.2, 0.25) is 0 Å². The van der Waals surface area contributed by atoms with Gasteiger partial charge in [0, 0.05) is 5.69 Å². The van der Waals surface area contributed by atoms with Gasteiger partial charge in [-0.3, -0.25) is 14.5 Å². The third kappa shape index (κ3) is 3.85. The van der Waals surface area contributed by atoms with Crippen LogP contribution in [0, 0.1) is 13.8 Å². The Bertz CT molecular complexity index is 1210. The Balaban J connectivity index is 1.81. The number of benzene rings is 2. The molecule has 2 amide bonds. The number of aryl methyl sites for hydroxylation is 2. The van der Waals surface area contributed by atoms with Gasteiger partial charge in [-0.1, -0.05) is 23.8 Å². The highest BCUT2D eigenvalue weighted by atomic mass is 16.5. The monoisotopic (exact) mass is 432 g/mol. The smallest absolute Gasteiger partial charge is 0.278 e. The topological polar surface area (TPSA) is 81.0 Å². The van der Waals surface area contributed by atoms with Gasteiger partial charge < -0.3 is 19.2 Å². The number of imide groups is 1. The van der Waals surface area contributed by atoms with Gasteiger partial charge in [-0.2, -0.15) is 0 Å². The molecule has 2 heterocycles. The van der Waals surface area contributed by atoms with Crippen molar-refractivity contribution in [1.29, 1.82) is 0 Å². The summed E-state index contributed by atoms with van der Waals surface area (Å²) in [4.78, 5) is 28.0. The summed E-state index contributed by atoms with van der Waals surface area (Å²) in [6, 6.07) is 14.5. The minimum Gasteiger partial charge on any atom is -0.493 e. The molecule has 0 radical (unpaired) electrons. The van der Waals surface area contributed by atoms with Gasteiger partial charge in [0.2, 0.25) is 0 Å². The number of hydrogen-bond acceptors (Lipinski definition) is 6. The second kappa shape index (κ2) is 8.63. The molecule has 0 saturated carbocycles. The van der Waals surface area contributed by atoms with Crippen LogP contribution >= 0.6 is 0 Å². The van der Waals surface area contributed by atoms with Crippen LogP contribution in [-0.2, 0) is 16.1 Å². The van der Waals surface area contributed by atoms with Crippen molar-refractivity contribution in [3.63, 3.8) is 0 Å². The molecule has 3 aromatic rings. The minimum absolute atomic E-state index is 0.0412. The van der Waals surface area contributed by atoms with Gasteiger partial charge in [0.05, 0.1) is 32.6 Å². The zero-order valence-corrected chi connectivity index (χ0v) is 18.4. The van der Waals surface area contributed by atoms with Gasteiger partial charge in [0.15, 0.2) is 11.5 Å². The third-order valence-corrected chi connectivity index (χ3v) is 5.38. The average Bonchev–Trinajstić information content (AvgIpc) is 3.38. The van der Waals surface area contributed by atoms with E-state index in [0.29, 0.717) is 22.8 Å². The first-order chi connectivity index (χ1) is 15.4. The van der Waals surface area contributed by atoms with Crippen LogP contribution in [0.3, 0.4) is 0 Å². The maximum absolute atomic E-state index is 13.4. The van der Waals surface area contributed by atoms with Crippen molar-refractivity contribution in [2.45, 2.75) is 20.4 Å². The van der Waals surface area contributed by atoms with Gasteiger partial charge in [0.1, 0.15) is 11.5 Å². The highest BCUT2D eigenvalue weighted by Crippen LogP contribution is 2.36. The molecule has 1 aromatic heterocycles. The lowest BCUT2D eigenvalue weighted by atomic mass is 10.0. The molecule has 0 aliphatic carbocycles. The lowest BCUT2D eigenvalue weighted by Crippen LogP contribution is -2.31. The highest BCUT2D eigenvalue weighted by Gasteiger charge is 2.40. The summed E-state index contributed by atoms with van der Waals surface area (Å²) in [7, 11) is 3.06. The first-order valence-corrected chi connectivity index (χ1v) is 10.1. The molecular weight excluding hydrogens is 408 g/mol. The summed E-state index contributed by atoms with van der Waals surface area (Å²) >= 11 is 0. The Labute approximate surface area is 186 Å². The molecule has 1 aliphatic rings. The molecule has 1 N–H and O–H groups in total. The molecule has 0 atom stereocenters. The number of nitrogens with one attached hydrogen (secondary N) is 1. The van der Waals surface area contributed by atoms with E-state index in [1.807, 2.05) is 32.0 Å². The van der Waals surface area contributed by atoms with Gasteiger partial charge >= 0.3 is 0 Å².